The Morgan fingerprint density at radius 1 is 1.40 bits per heavy atom. The van der Waals surface area contributed by atoms with Crippen molar-refractivity contribution in [3.63, 3.8) is 0 Å². The molecule has 1 aromatic heterocycles. The van der Waals surface area contributed by atoms with Crippen molar-refractivity contribution in [2.24, 2.45) is 0 Å². The third-order valence-corrected chi connectivity index (χ3v) is 3.78. The van der Waals surface area contributed by atoms with E-state index >= 15 is 0 Å². The van der Waals surface area contributed by atoms with Gasteiger partial charge in [0.05, 0.1) is 11.3 Å². The molecule has 0 aromatic carbocycles. The molecule has 1 amide bonds. The second-order valence-corrected chi connectivity index (χ2v) is 5.36. The summed E-state index contributed by atoms with van der Waals surface area (Å²) in [6.07, 6.45) is 5.60. The average Bonchev–Trinajstić information content (AvgIpc) is 2.64. The van der Waals surface area contributed by atoms with E-state index in [1.54, 1.807) is 11.8 Å². The van der Waals surface area contributed by atoms with Crippen LogP contribution in [0.4, 0.5) is 5.82 Å². The van der Waals surface area contributed by atoms with Crippen molar-refractivity contribution >= 4 is 23.3 Å². The Balaban J connectivity index is 2.13. The van der Waals surface area contributed by atoms with E-state index in [0.717, 1.165) is 38.8 Å². The molecule has 1 unspecified atom stereocenters. The minimum atomic E-state index is -0.651. The van der Waals surface area contributed by atoms with Gasteiger partial charge in [0, 0.05) is 13.1 Å². The highest BCUT2D eigenvalue weighted by Gasteiger charge is 2.28. The minimum Gasteiger partial charge on any atom is -0.358 e. The number of hydrogen-bond acceptors (Lipinski definition) is 4. The maximum Gasteiger partial charge on any atom is 0.408 e. The first-order chi connectivity index (χ1) is 9.50. The number of nitrogens with zero attached hydrogens (tertiary/aromatic N) is 4. The molecular weight excluding hydrogens is 284 g/mol. The molecule has 0 spiro atoms. The van der Waals surface area contributed by atoms with Gasteiger partial charge in [-0.2, -0.15) is 4.68 Å². The van der Waals surface area contributed by atoms with E-state index in [9.17, 15) is 14.9 Å². The quantitative estimate of drug-likeness (QED) is 0.634. The molecule has 20 heavy (non-hydrogen) atoms. The molecule has 0 bridgehead atoms. The number of carbonyl (C=O) groups excluding carboxylic acids is 1. The molecule has 8 heteroatoms. The number of carbonyl (C=O) groups is 1. The van der Waals surface area contributed by atoms with Crippen molar-refractivity contribution in [3.8, 4) is 0 Å². The lowest BCUT2D eigenvalue weighted by Gasteiger charge is -2.22. The number of rotatable bonds is 3. The summed E-state index contributed by atoms with van der Waals surface area (Å²) in [4.78, 5) is 24.3. The van der Waals surface area contributed by atoms with Gasteiger partial charge in [0.25, 0.3) is 0 Å². The van der Waals surface area contributed by atoms with Crippen LogP contribution in [0.1, 0.15) is 38.6 Å². The van der Waals surface area contributed by atoms with Crippen molar-refractivity contribution in [3.05, 3.63) is 21.3 Å². The average molecular weight is 301 g/mol. The van der Waals surface area contributed by atoms with Crippen LogP contribution in [0.5, 0.6) is 0 Å². The normalized spacial score (nSPS) is 17.6. The zero-order valence-corrected chi connectivity index (χ0v) is 12.0. The van der Waals surface area contributed by atoms with Crippen LogP contribution in [0.15, 0.2) is 6.20 Å². The molecule has 7 nitrogen and oxygen atoms in total. The molecular formula is C12H17ClN4O3. The summed E-state index contributed by atoms with van der Waals surface area (Å²) in [5, 5.41) is 14.5. The van der Waals surface area contributed by atoms with Crippen LogP contribution < -0.4 is 0 Å². The van der Waals surface area contributed by atoms with E-state index in [2.05, 4.69) is 5.10 Å². The standard InChI is InChI=1S/C12H17ClN4O3/c1-9(12(18)15-6-4-2-3-5-7-15)16-8-10(13)11(14-16)17(19)20/h8-9H,2-7H2,1H3. The van der Waals surface area contributed by atoms with Gasteiger partial charge in [0.1, 0.15) is 6.04 Å². The van der Waals surface area contributed by atoms with E-state index in [-0.39, 0.29) is 10.9 Å². The fraction of sp³-hybridized carbons (Fsp3) is 0.667. The van der Waals surface area contributed by atoms with Crippen LogP contribution >= 0.6 is 11.6 Å². The lowest BCUT2D eigenvalue weighted by atomic mass is 10.2. The summed E-state index contributed by atoms with van der Waals surface area (Å²) < 4.78 is 1.27. The molecule has 2 heterocycles. The van der Waals surface area contributed by atoms with Gasteiger partial charge in [-0.1, -0.05) is 24.4 Å². The van der Waals surface area contributed by atoms with Crippen molar-refractivity contribution in [2.75, 3.05) is 13.1 Å². The SMILES string of the molecule is CC(C(=O)N1CCCCCC1)n1cc(Cl)c([N+](=O)[O-])n1. The Morgan fingerprint density at radius 2 is 2.00 bits per heavy atom. The third-order valence-electron chi connectivity index (χ3n) is 3.51. The molecule has 0 aliphatic carbocycles. The zero-order valence-electron chi connectivity index (χ0n) is 11.3. The number of hydrogen-bond donors (Lipinski definition) is 0. The van der Waals surface area contributed by atoms with E-state index in [1.165, 1.54) is 10.9 Å². The minimum absolute atomic E-state index is 0.0504. The lowest BCUT2D eigenvalue weighted by molar-refractivity contribution is -0.389. The number of aromatic nitrogens is 2. The molecule has 1 atom stereocenters. The van der Waals surface area contributed by atoms with Crippen LogP contribution in [0, 0.1) is 10.1 Å². The molecule has 0 radical (unpaired) electrons. The first-order valence-electron chi connectivity index (χ1n) is 6.68. The Labute approximate surface area is 121 Å². The Hall–Kier alpha value is -1.63. The number of halogens is 1. The van der Waals surface area contributed by atoms with Crippen molar-refractivity contribution in [1.82, 2.24) is 14.7 Å². The van der Waals surface area contributed by atoms with Crippen molar-refractivity contribution < 1.29 is 9.72 Å². The van der Waals surface area contributed by atoms with E-state index in [1.807, 2.05) is 0 Å². The van der Waals surface area contributed by atoms with Gasteiger partial charge < -0.3 is 15.0 Å². The number of likely N-dealkylation sites (tertiary alicyclic amines) is 1. The first kappa shape index (κ1) is 14.8. The lowest BCUT2D eigenvalue weighted by Crippen LogP contribution is -2.37. The predicted molar refractivity (Wildman–Crippen MR) is 73.7 cm³/mol. The van der Waals surface area contributed by atoms with Gasteiger partial charge >= 0.3 is 5.82 Å². The highest BCUT2D eigenvalue weighted by molar-refractivity contribution is 6.32. The summed E-state index contributed by atoms with van der Waals surface area (Å²) in [6.45, 7) is 3.15. The van der Waals surface area contributed by atoms with Crippen LogP contribution in [0.3, 0.4) is 0 Å². The third kappa shape index (κ3) is 3.09. The Kier molecular flexibility index (Phi) is 4.59. The van der Waals surface area contributed by atoms with Crippen LogP contribution in [0.2, 0.25) is 5.02 Å². The van der Waals surface area contributed by atoms with E-state index in [0.29, 0.717) is 0 Å². The molecule has 1 aliphatic rings. The molecule has 0 saturated carbocycles. The summed E-state index contributed by atoms with van der Waals surface area (Å²) in [6, 6.07) is -0.584. The molecule has 1 aromatic rings. The van der Waals surface area contributed by atoms with Crippen molar-refractivity contribution in [1.29, 1.82) is 0 Å². The van der Waals surface area contributed by atoms with Gasteiger partial charge in [-0.05, 0) is 24.7 Å². The maximum absolute atomic E-state index is 12.4. The van der Waals surface area contributed by atoms with Crippen LogP contribution in [0.25, 0.3) is 0 Å². The summed E-state index contributed by atoms with van der Waals surface area (Å²) >= 11 is 5.75. The van der Waals surface area contributed by atoms with Crippen molar-refractivity contribution in [2.45, 2.75) is 38.6 Å². The molecule has 2 rings (SSSR count). The van der Waals surface area contributed by atoms with Gasteiger partial charge in [-0.25, -0.2) is 0 Å². The van der Waals surface area contributed by atoms with Gasteiger partial charge in [-0.3, -0.25) is 4.79 Å². The number of amides is 1. The van der Waals surface area contributed by atoms with Gasteiger partial charge in [0.15, 0.2) is 5.02 Å². The summed E-state index contributed by atoms with van der Waals surface area (Å²) in [5.41, 5.74) is 0. The number of nitro groups is 1. The highest BCUT2D eigenvalue weighted by Crippen LogP contribution is 2.24. The first-order valence-corrected chi connectivity index (χ1v) is 7.06. The predicted octanol–water partition coefficient (Wildman–Crippen LogP) is 2.41. The van der Waals surface area contributed by atoms with E-state index < -0.39 is 16.8 Å². The Bertz CT molecular complexity index is 509. The summed E-state index contributed by atoms with van der Waals surface area (Å²) in [7, 11) is 0. The summed E-state index contributed by atoms with van der Waals surface area (Å²) in [5.74, 6) is -0.483. The topological polar surface area (TPSA) is 81.3 Å². The molecule has 110 valence electrons. The monoisotopic (exact) mass is 300 g/mol. The largest absolute Gasteiger partial charge is 0.408 e. The molecule has 1 saturated heterocycles. The maximum atomic E-state index is 12.4. The van der Waals surface area contributed by atoms with Crippen LogP contribution in [-0.2, 0) is 4.79 Å². The fourth-order valence-corrected chi connectivity index (χ4v) is 2.56. The van der Waals surface area contributed by atoms with Gasteiger partial charge in [0.2, 0.25) is 5.91 Å². The second kappa shape index (κ2) is 6.21. The molecule has 0 N–H and O–H groups in total. The zero-order chi connectivity index (χ0) is 14.7. The van der Waals surface area contributed by atoms with Crippen LogP contribution in [-0.4, -0.2) is 38.6 Å². The second-order valence-electron chi connectivity index (χ2n) is 4.95. The van der Waals surface area contributed by atoms with Gasteiger partial charge in [-0.15, -0.1) is 0 Å². The molecule has 1 fully saturated rings. The molecule has 1 aliphatic heterocycles. The Morgan fingerprint density at radius 3 is 2.50 bits per heavy atom. The van der Waals surface area contributed by atoms with E-state index in [4.69, 9.17) is 11.6 Å². The fourth-order valence-electron chi connectivity index (χ4n) is 2.35. The highest BCUT2D eigenvalue weighted by atomic mass is 35.5. The smallest absolute Gasteiger partial charge is 0.358 e.